The Morgan fingerprint density at radius 2 is 2.00 bits per heavy atom. The number of hydrogen-bond acceptors (Lipinski definition) is 1. The maximum Gasteiger partial charge on any atom is 0.193 e. The molecule has 0 saturated carbocycles. The zero-order chi connectivity index (χ0) is 16.9. The third kappa shape index (κ3) is 3.77. The Bertz CT molecular complexity index is 845. The zero-order valence-electron chi connectivity index (χ0n) is 14.2. The van der Waals surface area contributed by atoms with Crippen LogP contribution in [0.4, 0.5) is 5.69 Å². The molecule has 4 heteroatoms. The van der Waals surface area contributed by atoms with Gasteiger partial charge in [0.25, 0.3) is 0 Å². The summed E-state index contributed by atoms with van der Waals surface area (Å²) in [7, 11) is 0. The first-order chi connectivity index (χ1) is 11.6. The molecule has 0 radical (unpaired) electrons. The molecule has 24 heavy (non-hydrogen) atoms. The van der Waals surface area contributed by atoms with E-state index in [2.05, 4.69) is 65.7 Å². The van der Waals surface area contributed by atoms with Crippen molar-refractivity contribution in [2.24, 2.45) is 10.7 Å². The molecule has 0 amide bonds. The highest BCUT2D eigenvalue weighted by atomic mass is 15.1. The largest absolute Gasteiger partial charge is 0.370 e. The van der Waals surface area contributed by atoms with E-state index in [-0.39, 0.29) is 0 Å². The Balaban J connectivity index is 1.61. The van der Waals surface area contributed by atoms with Gasteiger partial charge in [-0.2, -0.15) is 0 Å². The number of H-pyrrole nitrogens is 1. The quantitative estimate of drug-likeness (QED) is 0.486. The summed E-state index contributed by atoms with van der Waals surface area (Å²) in [5.41, 5.74) is 10.7. The number of benzene rings is 2. The van der Waals surface area contributed by atoms with Gasteiger partial charge in [0.1, 0.15) is 0 Å². The third-order valence-electron chi connectivity index (χ3n) is 4.16. The number of nitrogens with zero attached hydrogens (tertiary/aromatic N) is 1. The van der Waals surface area contributed by atoms with E-state index in [0.29, 0.717) is 18.4 Å². The molecule has 124 valence electrons. The van der Waals surface area contributed by atoms with Crippen molar-refractivity contribution in [1.82, 2.24) is 4.98 Å². The predicted molar refractivity (Wildman–Crippen MR) is 103 cm³/mol. The van der Waals surface area contributed by atoms with Crippen LogP contribution in [-0.2, 0) is 6.42 Å². The monoisotopic (exact) mass is 320 g/mol. The lowest BCUT2D eigenvalue weighted by Crippen LogP contribution is -2.23. The lowest BCUT2D eigenvalue weighted by molar-refractivity contribution is 0.867. The summed E-state index contributed by atoms with van der Waals surface area (Å²) in [5, 5.41) is 4.43. The Morgan fingerprint density at radius 1 is 1.17 bits per heavy atom. The smallest absolute Gasteiger partial charge is 0.193 e. The van der Waals surface area contributed by atoms with Gasteiger partial charge < -0.3 is 16.0 Å². The molecule has 0 fully saturated rings. The van der Waals surface area contributed by atoms with Crippen LogP contribution in [-0.4, -0.2) is 17.5 Å². The average Bonchev–Trinajstić information content (AvgIpc) is 2.98. The minimum absolute atomic E-state index is 0.454. The second-order valence-corrected chi connectivity index (χ2v) is 6.28. The Hall–Kier alpha value is -2.75. The number of anilines is 1. The van der Waals surface area contributed by atoms with E-state index >= 15 is 0 Å². The fourth-order valence-electron chi connectivity index (χ4n) is 2.80. The van der Waals surface area contributed by atoms with Crippen LogP contribution in [0.25, 0.3) is 10.9 Å². The zero-order valence-corrected chi connectivity index (χ0v) is 14.2. The highest BCUT2D eigenvalue weighted by Gasteiger charge is 2.03. The molecule has 3 rings (SSSR count). The Labute approximate surface area is 142 Å². The number of nitrogens with two attached hydrogens (primary N) is 1. The first-order valence-corrected chi connectivity index (χ1v) is 8.35. The number of hydrogen-bond donors (Lipinski definition) is 3. The van der Waals surface area contributed by atoms with Gasteiger partial charge in [-0.05, 0) is 41.7 Å². The fraction of sp³-hybridized carbons (Fsp3) is 0.250. The summed E-state index contributed by atoms with van der Waals surface area (Å²) in [6.45, 7) is 5.01. The van der Waals surface area contributed by atoms with Crippen LogP contribution in [0.15, 0.2) is 59.7 Å². The first-order valence-electron chi connectivity index (χ1n) is 8.35. The van der Waals surface area contributed by atoms with E-state index in [1.807, 2.05) is 18.2 Å². The van der Waals surface area contributed by atoms with Crippen molar-refractivity contribution < 1.29 is 0 Å². The number of aliphatic imine (C=N–C) groups is 1. The topological polar surface area (TPSA) is 66.2 Å². The molecule has 2 aromatic carbocycles. The molecule has 4 nitrogen and oxygen atoms in total. The maximum absolute atomic E-state index is 6.02. The maximum atomic E-state index is 6.02. The van der Waals surface area contributed by atoms with Gasteiger partial charge in [-0.25, -0.2) is 0 Å². The van der Waals surface area contributed by atoms with Crippen LogP contribution >= 0.6 is 0 Å². The number of aromatic nitrogens is 1. The minimum Gasteiger partial charge on any atom is -0.370 e. The number of para-hydroxylation sites is 1. The molecule has 0 spiro atoms. The molecule has 0 aliphatic heterocycles. The van der Waals surface area contributed by atoms with E-state index in [4.69, 9.17) is 5.73 Å². The van der Waals surface area contributed by atoms with Crippen molar-refractivity contribution in [2.75, 3.05) is 11.9 Å². The van der Waals surface area contributed by atoms with E-state index in [9.17, 15) is 0 Å². The lowest BCUT2D eigenvalue weighted by atomic mass is 10.0. The second-order valence-electron chi connectivity index (χ2n) is 6.28. The number of rotatable bonds is 5. The second kappa shape index (κ2) is 7.21. The number of guanidine groups is 1. The van der Waals surface area contributed by atoms with Crippen molar-refractivity contribution in [3.05, 3.63) is 65.9 Å². The minimum atomic E-state index is 0.454. The van der Waals surface area contributed by atoms with Crippen molar-refractivity contribution in [3.63, 3.8) is 0 Å². The van der Waals surface area contributed by atoms with Crippen molar-refractivity contribution in [3.8, 4) is 0 Å². The van der Waals surface area contributed by atoms with Gasteiger partial charge in [0, 0.05) is 29.3 Å². The summed E-state index contributed by atoms with van der Waals surface area (Å²) >= 11 is 0. The Kier molecular flexibility index (Phi) is 4.85. The lowest BCUT2D eigenvalue weighted by Gasteiger charge is -2.10. The van der Waals surface area contributed by atoms with Crippen LogP contribution < -0.4 is 11.1 Å². The molecule has 0 aliphatic rings. The molecule has 0 bridgehead atoms. The van der Waals surface area contributed by atoms with Crippen molar-refractivity contribution in [2.45, 2.75) is 26.2 Å². The fourth-order valence-corrected chi connectivity index (χ4v) is 2.80. The molecule has 0 unspecified atom stereocenters. The van der Waals surface area contributed by atoms with Crippen molar-refractivity contribution in [1.29, 1.82) is 0 Å². The van der Waals surface area contributed by atoms with Gasteiger partial charge in [-0.3, -0.25) is 4.99 Å². The van der Waals surface area contributed by atoms with Crippen LogP contribution in [0.3, 0.4) is 0 Å². The van der Waals surface area contributed by atoms with Crippen LogP contribution in [0, 0.1) is 0 Å². The highest BCUT2D eigenvalue weighted by Crippen LogP contribution is 2.19. The number of nitrogens with one attached hydrogen (secondary N) is 2. The van der Waals surface area contributed by atoms with Gasteiger partial charge >= 0.3 is 0 Å². The molecule has 0 aliphatic carbocycles. The normalized spacial score (nSPS) is 12.0. The number of aromatic amines is 1. The summed E-state index contributed by atoms with van der Waals surface area (Å²) in [6.07, 6.45) is 2.91. The molecule has 1 heterocycles. The molecule has 4 N–H and O–H groups in total. The molecule has 0 saturated heterocycles. The van der Waals surface area contributed by atoms with E-state index in [1.165, 1.54) is 16.5 Å². The van der Waals surface area contributed by atoms with Gasteiger partial charge in [0.05, 0.1) is 0 Å². The summed E-state index contributed by atoms with van der Waals surface area (Å²) in [5.74, 6) is 0.947. The summed E-state index contributed by atoms with van der Waals surface area (Å²) < 4.78 is 0. The molecular formula is C20H24N4. The third-order valence-corrected chi connectivity index (χ3v) is 4.16. The van der Waals surface area contributed by atoms with Gasteiger partial charge in [-0.15, -0.1) is 0 Å². The standard InChI is InChI=1S/C20H24N4/c1-14(2)15-6-5-7-17(12-15)24-20(21)22-11-10-16-13-23-19-9-4-3-8-18(16)19/h3-9,12-14,23H,10-11H2,1-2H3,(H3,21,22,24). The van der Waals surface area contributed by atoms with Crippen LogP contribution in [0.1, 0.15) is 30.9 Å². The van der Waals surface area contributed by atoms with E-state index < -0.39 is 0 Å². The molecule has 1 aromatic heterocycles. The molecule has 3 aromatic rings. The molecular weight excluding hydrogens is 296 g/mol. The molecule has 0 atom stereocenters. The van der Waals surface area contributed by atoms with Gasteiger partial charge in [-0.1, -0.05) is 44.2 Å². The average molecular weight is 320 g/mol. The van der Waals surface area contributed by atoms with Gasteiger partial charge in [0.15, 0.2) is 5.96 Å². The number of fused-ring (bicyclic) bond motifs is 1. The Morgan fingerprint density at radius 3 is 2.83 bits per heavy atom. The van der Waals surface area contributed by atoms with E-state index in [0.717, 1.165) is 17.6 Å². The van der Waals surface area contributed by atoms with Gasteiger partial charge in [0.2, 0.25) is 0 Å². The first kappa shape index (κ1) is 16.1. The van der Waals surface area contributed by atoms with Crippen molar-refractivity contribution >= 4 is 22.5 Å². The summed E-state index contributed by atoms with van der Waals surface area (Å²) in [6, 6.07) is 16.6. The SMILES string of the molecule is CC(C)c1cccc(NC(N)=NCCc2c[nH]c3ccccc23)c1. The summed E-state index contributed by atoms with van der Waals surface area (Å²) in [4.78, 5) is 7.73. The predicted octanol–water partition coefficient (Wildman–Crippen LogP) is 4.26. The van der Waals surface area contributed by atoms with Crippen LogP contribution in [0.2, 0.25) is 0 Å². The van der Waals surface area contributed by atoms with E-state index in [1.54, 1.807) is 0 Å². The van der Waals surface area contributed by atoms with Crippen LogP contribution in [0.5, 0.6) is 0 Å². The highest BCUT2D eigenvalue weighted by molar-refractivity contribution is 5.92.